The molecule has 168 valence electrons. The molecule has 0 spiro atoms. The van der Waals surface area contributed by atoms with Gasteiger partial charge in [-0.25, -0.2) is 16.8 Å². The summed E-state index contributed by atoms with van der Waals surface area (Å²) in [6, 6.07) is 11.0. The van der Waals surface area contributed by atoms with Crippen LogP contribution in [-0.4, -0.2) is 71.2 Å². The zero-order valence-electron chi connectivity index (χ0n) is 17.4. The lowest BCUT2D eigenvalue weighted by atomic mass is 10.2. The molecule has 2 aromatic carbocycles. The second kappa shape index (κ2) is 9.28. The van der Waals surface area contributed by atoms with E-state index < -0.39 is 19.7 Å². The molecular formula is C21H25ClN2O5S2. The Morgan fingerprint density at radius 3 is 2.06 bits per heavy atom. The zero-order valence-corrected chi connectivity index (χ0v) is 19.8. The fourth-order valence-corrected chi connectivity index (χ4v) is 5.11. The van der Waals surface area contributed by atoms with E-state index in [9.17, 15) is 21.6 Å². The Hall–Kier alpha value is -1.94. The molecule has 0 aliphatic carbocycles. The highest BCUT2D eigenvalue weighted by Crippen LogP contribution is 2.23. The van der Waals surface area contributed by atoms with Gasteiger partial charge in [-0.1, -0.05) is 23.7 Å². The minimum Gasteiger partial charge on any atom is -0.337 e. The van der Waals surface area contributed by atoms with Gasteiger partial charge < -0.3 is 4.90 Å². The molecule has 0 atom stereocenters. The monoisotopic (exact) mass is 484 g/mol. The standard InChI is InChI=1S/C21H25ClN2O5S2/c1-30(26,27)17-6-4-16(5-7-17)15-23-10-3-11-24(13-12-23)21(25)19-9-8-18(14-20(19)22)31(2,28)29/h4-9,14H,3,10-13,15H2,1-2H3. The van der Waals surface area contributed by atoms with Gasteiger partial charge >= 0.3 is 0 Å². The first-order chi connectivity index (χ1) is 14.4. The van der Waals surface area contributed by atoms with Gasteiger partial charge in [-0.05, 0) is 42.3 Å². The molecule has 7 nitrogen and oxygen atoms in total. The number of carbonyl (C=O) groups excluding carboxylic acids is 1. The topological polar surface area (TPSA) is 91.8 Å². The van der Waals surface area contributed by atoms with Crippen molar-refractivity contribution in [2.24, 2.45) is 0 Å². The highest BCUT2D eigenvalue weighted by atomic mass is 35.5. The van der Waals surface area contributed by atoms with Crippen LogP contribution in [0.3, 0.4) is 0 Å². The van der Waals surface area contributed by atoms with Crippen molar-refractivity contribution < 1.29 is 21.6 Å². The van der Waals surface area contributed by atoms with Gasteiger partial charge in [-0.15, -0.1) is 0 Å². The predicted molar refractivity (Wildman–Crippen MR) is 120 cm³/mol. The lowest BCUT2D eigenvalue weighted by Crippen LogP contribution is -2.35. The van der Waals surface area contributed by atoms with Crippen molar-refractivity contribution >= 4 is 37.2 Å². The molecule has 0 N–H and O–H groups in total. The predicted octanol–water partition coefficient (Wildman–Crippen LogP) is 2.50. The maximum atomic E-state index is 12.9. The molecule has 1 fully saturated rings. The van der Waals surface area contributed by atoms with Gasteiger partial charge in [0.1, 0.15) is 0 Å². The van der Waals surface area contributed by atoms with Gasteiger partial charge in [0.15, 0.2) is 19.7 Å². The molecular weight excluding hydrogens is 460 g/mol. The molecule has 1 aliphatic rings. The van der Waals surface area contributed by atoms with Crippen LogP contribution in [0.4, 0.5) is 0 Å². The lowest BCUT2D eigenvalue weighted by molar-refractivity contribution is 0.0761. The van der Waals surface area contributed by atoms with E-state index >= 15 is 0 Å². The van der Waals surface area contributed by atoms with Crippen molar-refractivity contribution in [1.29, 1.82) is 0 Å². The van der Waals surface area contributed by atoms with E-state index in [0.717, 1.165) is 24.8 Å². The average molecular weight is 485 g/mol. The van der Waals surface area contributed by atoms with Crippen molar-refractivity contribution in [2.45, 2.75) is 22.8 Å². The number of hydrogen-bond donors (Lipinski definition) is 0. The molecule has 2 aromatic rings. The Morgan fingerprint density at radius 2 is 1.48 bits per heavy atom. The Labute approximate surface area is 188 Å². The van der Waals surface area contributed by atoms with Crippen LogP contribution in [0.1, 0.15) is 22.3 Å². The Bertz CT molecular complexity index is 1180. The lowest BCUT2D eigenvalue weighted by Gasteiger charge is -2.22. The van der Waals surface area contributed by atoms with Crippen LogP contribution in [0.5, 0.6) is 0 Å². The van der Waals surface area contributed by atoms with Crippen molar-refractivity contribution in [3.8, 4) is 0 Å². The number of carbonyl (C=O) groups is 1. The van der Waals surface area contributed by atoms with Crippen LogP contribution in [-0.2, 0) is 26.2 Å². The molecule has 10 heteroatoms. The van der Waals surface area contributed by atoms with E-state index in [-0.39, 0.29) is 15.8 Å². The number of sulfone groups is 2. The van der Waals surface area contributed by atoms with Gasteiger partial charge in [-0.3, -0.25) is 9.69 Å². The molecule has 1 saturated heterocycles. The van der Waals surface area contributed by atoms with E-state index in [4.69, 9.17) is 11.6 Å². The Balaban J connectivity index is 1.65. The van der Waals surface area contributed by atoms with Gasteiger partial charge in [0, 0.05) is 45.2 Å². The summed E-state index contributed by atoms with van der Waals surface area (Å²) in [5, 5.41) is 0.125. The first-order valence-electron chi connectivity index (χ1n) is 9.75. The first kappa shape index (κ1) is 23.7. The number of halogens is 1. The Kier molecular flexibility index (Phi) is 7.10. The van der Waals surface area contributed by atoms with Crippen LogP contribution >= 0.6 is 11.6 Å². The van der Waals surface area contributed by atoms with Gasteiger partial charge in [-0.2, -0.15) is 0 Å². The quantitative estimate of drug-likeness (QED) is 0.647. The van der Waals surface area contributed by atoms with Gasteiger partial charge in [0.25, 0.3) is 5.91 Å². The zero-order chi connectivity index (χ0) is 22.8. The second-order valence-corrected chi connectivity index (χ2v) is 12.2. The van der Waals surface area contributed by atoms with Crippen LogP contribution in [0, 0.1) is 0 Å². The van der Waals surface area contributed by atoms with Crippen molar-refractivity contribution in [2.75, 3.05) is 38.7 Å². The van der Waals surface area contributed by atoms with E-state index in [1.807, 2.05) is 12.1 Å². The third-order valence-corrected chi connectivity index (χ3v) is 7.78. The minimum absolute atomic E-state index is 0.0815. The molecule has 0 radical (unpaired) electrons. The summed E-state index contributed by atoms with van der Waals surface area (Å²) in [4.78, 5) is 17.3. The summed E-state index contributed by atoms with van der Waals surface area (Å²) < 4.78 is 46.6. The summed E-state index contributed by atoms with van der Waals surface area (Å²) in [7, 11) is -6.61. The fraction of sp³-hybridized carbons (Fsp3) is 0.381. The first-order valence-corrected chi connectivity index (χ1v) is 13.9. The number of hydrogen-bond acceptors (Lipinski definition) is 6. The summed E-state index contributed by atoms with van der Waals surface area (Å²) in [6.07, 6.45) is 3.06. The maximum absolute atomic E-state index is 12.9. The molecule has 0 aromatic heterocycles. The normalized spacial score (nSPS) is 16.2. The summed E-state index contributed by atoms with van der Waals surface area (Å²) in [5.41, 5.74) is 1.30. The second-order valence-electron chi connectivity index (χ2n) is 7.75. The van der Waals surface area contributed by atoms with E-state index in [2.05, 4.69) is 4.90 Å². The molecule has 0 bridgehead atoms. The smallest absolute Gasteiger partial charge is 0.255 e. The van der Waals surface area contributed by atoms with Crippen LogP contribution < -0.4 is 0 Å². The number of benzene rings is 2. The van der Waals surface area contributed by atoms with Crippen LogP contribution in [0.25, 0.3) is 0 Å². The van der Waals surface area contributed by atoms with E-state index in [0.29, 0.717) is 36.6 Å². The third-order valence-electron chi connectivity index (χ3n) is 5.23. The van der Waals surface area contributed by atoms with Gasteiger partial charge in [0.2, 0.25) is 0 Å². The summed E-state index contributed by atoms with van der Waals surface area (Å²) in [6.45, 7) is 3.23. The molecule has 0 unspecified atom stereocenters. The van der Waals surface area contributed by atoms with Crippen molar-refractivity contribution in [1.82, 2.24) is 9.80 Å². The highest BCUT2D eigenvalue weighted by Gasteiger charge is 2.23. The molecule has 3 rings (SSSR count). The fourth-order valence-electron chi connectivity index (χ4n) is 3.50. The van der Waals surface area contributed by atoms with E-state index in [1.54, 1.807) is 17.0 Å². The minimum atomic E-state index is -3.40. The van der Waals surface area contributed by atoms with Gasteiger partial charge in [0.05, 0.1) is 20.4 Å². The molecule has 31 heavy (non-hydrogen) atoms. The Morgan fingerprint density at radius 1 is 0.871 bits per heavy atom. The average Bonchev–Trinajstić information content (AvgIpc) is 2.92. The van der Waals surface area contributed by atoms with Crippen molar-refractivity contribution in [3.63, 3.8) is 0 Å². The number of nitrogens with zero attached hydrogens (tertiary/aromatic N) is 2. The van der Waals surface area contributed by atoms with E-state index in [1.165, 1.54) is 24.5 Å². The molecule has 1 aliphatic heterocycles. The van der Waals surface area contributed by atoms with Crippen LogP contribution in [0.15, 0.2) is 52.3 Å². The molecule has 0 saturated carbocycles. The van der Waals surface area contributed by atoms with Crippen molar-refractivity contribution in [3.05, 3.63) is 58.6 Å². The summed E-state index contributed by atoms with van der Waals surface area (Å²) in [5.74, 6) is -0.218. The molecule has 1 heterocycles. The highest BCUT2D eigenvalue weighted by molar-refractivity contribution is 7.91. The number of amides is 1. The number of rotatable bonds is 5. The SMILES string of the molecule is CS(=O)(=O)c1ccc(CN2CCCN(C(=O)c3ccc(S(C)(=O)=O)cc3Cl)CC2)cc1. The summed E-state index contributed by atoms with van der Waals surface area (Å²) >= 11 is 6.21. The molecule has 1 amide bonds. The third kappa shape index (κ3) is 6.06. The van der Waals surface area contributed by atoms with Crippen LogP contribution in [0.2, 0.25) is 5.02 Å². The largest absolute Gasteiger partial charge is 0.337 e. The maximum Gasteiger partial charge on any atom is 0.255 e.